The van der Waals surface area contributed by atoms with E-state index in [0.29, 0.717) is 18.4 Å². The van der Waals surface area contributed by atoms with Gasteiger partial charge in [-0.3, -0.25) is 4.79 Å². The van der Waals surface area contributed by atoms with Gasteiger partial charge in [-0.25, -0.2) is 0 Å². The lowest BCUT2D eigenvalue weighted by molar-refractivity contribution is -0.131. The lowest BCUT2D eigenvalue weighted by Gasteiger charge is -2.52. The molecule has 0 aromatic rings. The molecule has 21 heavy (non-hydrogen) atoms. The van der Waals surface area contributed by atoms with Crippen LogP contribution in [-0.4, -0.2) is 46.7 Å². The third-order valence-electron chi connectivity index (χ3n) is 5.72. The Kier molecular flexibility index (Phi) is 4.04. The first-order valence-electron chi connectivity index (χ1n) is 8.63. The van der Waals surface area contributed by atoms with E-state index < -0.39 is 5.60 Å². The highest BCUT2D eigenvalue weighted by Gasteiger charge is 2.48. The Morgan fingerprint density at radius 2 is 2.00 bits per heavy atom. The zero-order valence-electron chi connectivity index (χ0n) is 13.5. The van der Waals surface area contributed by atoms with Gasteiger partial charge in [-0.2, -0.15) is 0 Å². The second-order valence-corrected chi connectivity index (χ2v) is 8.22. The molecule has 4 heteroatoms. The number of amides is 1. The SMILES string of the molecule is CC1CC2CC(O)(C1)CC(C)(NCC(=O)N1CCCC1)C2. The summed E-state index contributed by atoms with van der Waals surface area (Å²) < 4.78 is 0. The van der Waals surface area contributed by atoms with E-state index in [0.717, 1.165) is 51.6 Å². The number of carbonyl (C=O) groups is 1. The molecule has 3 aliphatic rings. The monoisotopic (exact) mass is 294 g/mol. The summed E-state index contributed by atoms with van der Waals surface area (Å²) in [7, 11) is 0. The van der Waals surface area contributed by atoms with Crippen molar-refractivity contribution in [2.75, 3.05) is 19.6 Å². The summed E-state index contributed by atoms with van der Waals surface area (Å²) in [6.07, 6.45) is 7.25. The summed E-state index contributed by atoms with van der Waals surface area (Å²) in [5, 5.41) is 14.3. The summed E-state index contributed by atoms with van der Waals surface area (Å²) in [4.78, 5) is 14.2. The van der Waals surface area contributed by atoms with Crippen LogP contribution in [0.4, 0.5) is 0 Å². The summed E-state index contributed by atoms with van der Waals surface area (Å²) in [5.74, 6) is 1.46. The number of nitrogens with one attached hydrogen (secondary N) is 1. The maximum atomic E-state index is 12.2. The molecule has 2 bridgehead atoms. The molecule has 1 heterocycles. The molecule has 4 nitrogen and oxygen atoms in total. The van der Waals surface area contributed by atoms with Crippen molar-refractivity contribution in [2.45, 2.75) is 69.9 Å². The molecule has 120 valence electrons. The standard InChI is InChI=1S/C17H30N2O2/c1-13-7-14-9-16(2,12-17(21,8-13)10-14)18-11-15(20)19-5-3-4-6-19/h13-14,18,21H,3-12H2,1-2H3. The van der Waals surface area contributed by atoms with Crippen molar-refractivity contribution in [3.8, 4) is 0 Å². The second kappa shape index (κ2) is 5.54. The van der Waals surface area contributed by atoms with Crippen LogP contribution in [0.25, 0.3) is 0 Å². The molecule has 2 N–H and O–H groups in total. The van der Waals surface area contributed by atoms with Crippen molar-refractivity contribution in [1.82, 2.24) is 10.2 Å². The number of aliphatic hydroxyl groups is 1. The molecule has 4 unspecified atom stereocenters. The smallest absolute Gasteiger partial charge is 0.236 e. The molecule has 2 saturated carbocycles. The predicted octanol–water partition coefficient (Wildman–Crippen LogP) is 1.92. The first kappa shape index (κ1) is 15.3. The van der Waals surface area contributed by atoms with Crippen molar-refractivity contribution in [3.63, 3.8) is 0 Å². The molecular formula is C17H30N2O2. The largest absolute Gasteiger partial charge is 0.390 e. The minimum atomic E-state index is -0.515. The second-order valence-electron chi connectivity index (χ2n) is 8.22. The fourth-order valence-corrected chi connectivity index (χ4v) is 5.24. The summed E-state index contributed by atoms with van der Waals surface area (Å²) in [6.45, 7) is 6.71. The molecule has 0 aromatic heterocycles. The molecular weight excluding hydrogens is 264 g/mol. The van der Waals surface area contributed by atoms with Gasteiger partial charge in [0.25, 0.3) is 0 Å². The van der Waals surface area contributed by atoms with Gasteiger partial charge in [-0.15, -0.1) is 0 Å². The zero-order valence-corrected chi connectivity index (χ0v) is 13.5. The van der Waals surface area contributed by atoms with Crippen molar-refractivity contribution in [2.24, 2.45) is 11.8 Å². The van der Waals surface area contributed by atoms with E-state index in [-0.39, 0.29) is 11.4 Å². The normalized spacial score (nSPS) is 43.1. The average molecular weight is 294 g/mol. The van der Waals surface area contributed by atoms with Crippen LogP contribution < -0.4 is 5.32 Å². The molecule has 0 aromatic carbocycles. The van der Waals surface area contributed by atoms with Crippen LogP contribution in [0.1, 0.15) is 58.8 Å². The lowest BCUT2D eigenvalue weighted by atomic mass is 9.60. The molecule has 3 fully saturated rings. The Hall–Kier alpha value is -0.610. The molecule has 4 atom stereocenters. The summed E-state index contributed by atoms with van der Waals surface area (Å²) >= 11 is 0. The van der Waals surface area contributed by atoms with Crippen LogP contribution in [0.3, 0.4) is 0 Å². The molecule has 1 amide bonds. The Morgan fingerprint density at radius 3 is 2.67 bits per heavy atom. The van der Waals surface area contributed by atoms with Gasteiger partial charge < -0.3 is 15.3 Å². The van der Waals surface area contributed by atoms with Gasteiger partial charge in [-0.1, -0.05) is 6.92 Å². The minimum absolute atomic E-state index is 0.0901. The van der Waals surface area contributed by atoms with Gasteiger partial charge >= 0.3 is 0 Å². The molecule has 1 aliphatic heterocycles. The van der Waals surface area contributed by atoms with Crippen LogP contribution in [0, 0.1) is 11.8 Å². The van der Waals surface area contributed by atoms with Gasteiger partial charge in [0.15, 0.2) is 0 Å². The van der Waals surface area contributed by atoms with Crippen LogP contribution >= 0.6 is 0 Å². The van der Waals surface area contributed by atoms with Gasteiger partial charge in [0.1, 0.15) is 0 Å². The maximum absolute atomic E-state index is 12.2. The van der Waals surface area contributed by atoms with E-state index in [1.165, 1.54) is 6.42 Å². The van der Waals surface area contributed by atoms with Crippen LogP contribution in [0.15, 0.2) is 0 Å². The number of fused-ring (bicyclic) bond motifs is 2. The van der Waals surface area contributed by atoms with Gasteiger partial charge in [0.05, 0.1) is 12.1 Å². The van der Waals surface area contributed by atoms with Gasteiger partial charge in [0, 0.05) is 18.6 Å². The highest BCUT2D eigenvalue weighted by atomic mass is 16.3. The first-order valence-corrected chi connectivity index (χ1v) is 8.63. The number of likely N-dealkylation sites (tertiary alicyclic amines) is 1. The third-order valence-corrected chi connectivity index (χ3v) is 5.72. The van der Waals surface area contributed by atoms with E-state index in [9.17, 15) is 9.90 Å². The maximum Gasteiger partial charge on any atom is 0.236 e. The average Bonchev–Trinajstić information content (AvgIpc) is 2.86. The Morgan fingerprint density at radius 1 is 1.29 bits per heavy atom. The molecule has 3 rings (SSSR count). The topological polar surface area (TPSA) is 52.6 Å². The number of rotatable bonds is 3. The number of nitrogens with zero attached hydrogens (tertiary/aromatic N) is 1. The quantitative estimate of drug-likeness (QED) is 0.836. The first-order chi connectivity index (χ1) is 9.88. The van der Waals surface area contributed by atoms with Gasteiger partial charge in [-0.05, 0) is 63.7 Å². The van der Waals surface area contributed by atoms with Gasteiger partial charge in [0.2, 0.25) is 5.91 Å². The van der Waals surface area contributed by atoms with E-state index in [1.54, 1.807) is 0 Å². The number of carbonyl (C=O) groups excluding carboxylic acids is 1. The Labute approximate surface area is 128 Å². The minimum Gasteiger partial charge on any atom is -0.390 e. The van der Waals surface area contributed by atoms with E-state index in [2.05, 4.69) is 19.2 Å². The molecule has 1 saturated heterocycles. The molecule has 2 aliphatic carbocycles. The predicted molar refractivity (Wildman–Crippen MR) is 82.9 cm³/mol. The van der Waals surface area contributed by atoms with Crippen LogP contribution in [-0.2, 0) is 4.79 Å². The zero-order chi connectivity index (χ0) is 15.1. The fraction of sp³-hybridized carbons (Fsp3) is 0.941. The molecule has 0 radical (unpaired) electrons. The Balaban J connectivity index is 1.58. The highest BCUT2D eigenvalue weighted by molar-refractivity contribution is 5.78. The van der Waals surface area contributed by atoms with Crippen LogP contribution in [0.5, 0.6) is 0 Å². The highest BCUT2D eigenvalue weighted by Crippen LogP contribution is 2.48. The van der Waals surface area contributed by atoms with Crippen molar-refractivity contribution >= 4 is 5.91 Å². The fourth-order valence-electron chi connectivity index (χ4n) is 5.24. The number of hydrogen-bond donors (Lipinski definition) is 2. The summed E-state index contributed by atoms with van der Waals surface area (Å²) in [6, 6.07) is 0. The van der Waals surface area contributed by atoms with Crippen molar-refractivity contribution < 1.29 is 9.90 Å². The van der Waals surface area contributed by atoms with Crippen LogP contribution in [0.2, 0.25) is 0 Å². The molecule has 0 spiro atoms. The van der Waals surface area contributed by atoms with E-state index in [1.807, 2.05) is 4.90 Å². The van der Waals surface area contributed by atoms with Crippen molar-refractivity contribution in [3.05, 3.63) is 0 Å². The number of hydrogen-bond acceptors (Lipinski definition) is 3. The third kappa shape index (κ3) is 3.42. The Bertz CT molecular complexity index is 404. The van der Waals surface area contributed by atoms with Crippen molar-refractivity contribution in [1.29, 1.82) is 0 Å². The van der Waals surface area contributed by atoms with E-state index in [4.69, 9.17) is 0 Å². The summed E-state index contributed by atoms with van der Waals surface area (Å²) in [5.41, 5.74) is -0.605. The lowest BCUT2D eigenvalue weighted by Crippen LogP contribution is -2.58. The van der Waals surface area contributed by atoms with E-state index >= 15 is 0 Å².